The molecule has 0 aliphatic heterocycles. The molecule has 132 valence electrons. The lowest BCUT2D eigenvalue weighted by molar-refractivity contribution is 0.834. The molecule has 6 heteroatoms. The molecule has 0 aliphatic carbocycles. The summed E-state index contributed by atoms with van der Waals surface area (Å²) >= 11 is 0. The van der Waals surface area contributed by atoms with E-state index in [0.717, 1.165) is 23.5 Å². The molecular weight excluding hydrogens is 312 g/mol. The monoisotopic (exact) mass is 338 g/mol. The Morgan fingerprint density at radius 3 is 3.00 bits per heavy atom. The molecular formula is C19H26N6. The first kappa shape index (κ1) is 18.3. The Hall–Kier alpha value is -3.02. The van der Waals surface area contributed by atoms with Crippen LogP contribution >= 0.6 is 0 Å². The van der Waals surface area contributed by atoms with Gasteiger partial charge in [0.25, 0.3) is 0 Å². The molecule has 0 saturated carbocycles. The number of hydrogen-bond acceptors (Lipinski definition) is 3. The maximum atomic E-state index is 7.34. The van der Waals surface area contributed by atoms with Crippen LogP contribution in [-0.2, 0) is 0 Å². The fourth-order valence-electron chi connectivity index (χ4n) is 2.21. The van der Waals surface area contributed by atoms with E-state index in [-0.39, 0.29) is 5.96 Å². The van der Waals surface area contributed by atoms with Gasteiger partial charge in [0.15, 0.2) is 0 Å². The number of allylic oxidation sites excluding steroid dienone is 1. The van der Waals surface area contributed by atoms with E-state index >= 15 is 0 Å². The van der Waals surface area contributed by atoms with Crippen molar-refractivity contribution in [2.45, 2.75) is 19.8 Å². The summed E-state index contributed by atoms with van der Waals surface area (Å²) in [4.78, 5) is 0. The van der Waals surface area contributed by atoms with E-state index in [1.807, 2.05) is 24.4 Å². The van der Waals surface area contributed by atoms with E-state index in [9.17, 15) is 0 Å². The Morgan fingerprint density at radius 2 is 2.20 bits per heavy atom. The van der Waals surface area contributed by atoms with E-state index in [1.165, 1.54) is 12.8 Å². The van der Waals surface area contributed by atoms with Gasteiger partial charge in [-0.3, -0.25) is 5.41 Å². The number of hydrazone groups is 1. The number of benzene rings is 1. The summed E-state index contributed by atoms with van der Waals surface area (Å²) in [5.74, 6) is 0.156. The molecule has 1 aromatic heterocycles. The molecule has 1 aromatic carbocycles. The van der Waals surface area contributed by atoms with Gasteiger partial charge in [0, 0.05) is 43.6 Å². The highest BCUT2D eigenvalue weighted by Gasteiger charge is 1.99. The van der Waals surface area contributed by atoms with Gasteiger partial charge in [-0.05, 0) is 42.3 Å². The lowest BCUT2D eigenvalue weighted by atomic mass is 10.2. The summed E-state index contributed by atoms with van der Waals surface area (Å²) < 4.78 is 2.09. The lowest BCUT2D eigenvalue weighted by Crippen LogP contribution is -2.29. The third-order valence-electron chi connectivity index (χ3n) is 3.60. The third kappa shape index (κ3) is 6.18. The Kier molecular flexibility index (Phi) is 7.31. The SMILES string of the molecule is CCCCNc1cccc(-n2ccc(/C=C/C=N/NC(=N)NC)c2)c1. The predicted molar refractivity (Wildman–Crippen MR) is 107 cm³/mol. The van der Waals surface area contributed by atoms with Crippen LogP contribution in [0.25, 0.3) is 11.8 Å². The molecule has 25 heavy (non-hydrogen) atoms. The maximum absolute atomic E-state index is 7.34. The van der Waals surface area contributed by atoms with E-state index in [4.69, 9.17) is 5.41 Å². The highest BCUT2D eigenvalue weighted by molar-refractivity contribution is 5.81. The molecule has 4 N–H and O–H groups in total. The van der Waals surface area contributed by atoms with Crippen molar-refractivity contribution in [2.24, 2.45) is 5.10 Å². The van der Waals surface area contributed by atoms with E-state index in [0.29, 0.717) is 0 Å². The first-order valence-corrected chi connectivity index (χ1v) is 8.47. The Bertz CT molecular complexity index is 729. The van der Waals surface area contributed by atoms with Gasteiger partial charge < -0.3 is 15.2 Å². The van der Waals surface area contributed by atoms with Crippen LogP contribution in [0.5, 0.6) is 0 Å². The zero-order valence-electron chi connectivity index (χ0n) is 14.8. The molecule has 2 aromatic rings. The molecule has 2 rings (SSSR count). The average Bonchev–Trinajstić information content (AvgIpc) is 3.11. The number of nitrogens with zero attached hydrogens (tertiary/aromatic N) is 2. The molecule has 0 atom stereocenters. The van der Waals surface area contributed by atoms with Gasteiger partial charge in [-0.2, -0.15) is 5.10 Å². The molecule has 0 aliphatic rings. The summed E-state index contributed by atoms with van der Waals surface area (Å²) in [6.07, 6.45) is 11.9. The average molecular weight is 338 g/mol. The second-order valence-corrected chi connectivity index (χ2v) is 5.56. The molecule has 0 saturated heterocycles. The van der Waals surface area contributed by atoms with Crippen molar-refractivity contribution in [3.8, 4) is 5.69 Å². The maximum Gasteiger partial charge on any atom is 0.208 e. The van der Waals surface area contributed by atoms with Crippen LogP contribution in [0.3, 0.4) is 0 Å². The highest BCUT2D eigenvalue weighted by atomic mass is 15.4. The molecule has 0 radical (unpaired) electrons. The van der Waals surface area contributed by atoms with Crippen LogP contribution in [-0.4, -0.2) is 30.3 Å². The summed E-state index contributed by atoms with van der Waals surface area (Å²) in [5.41, 5.74) is 5.90. The second-order valence-electron chi connectivity index (χ2n) is 5.56. The van der Waals surface area contributed by atoms with E-state index in [2.05, 4.69) is 63.1 Å². The van der Waals surface area contributed by atoms with Crippen molar-refractivity contribution in [3.05, 3.63) is 54.4 Å². The standard InChI is InChI=1S/C19H26N6/c1-3-4-11-22-17-8-5-9-18(14-17)25-13-10-16(15-25)7-6-12-23-24-19(20)21-2/h5-10,12-15,22H,3-4,11H2,1-2H3,(H3,20,21,24)/b7-6+,23-12+. The predicted octanol–water partition coefficient (Wildman–Crippen LogP) is 3.43. The summed E-state index contributed by atoms with van der Waals surface area (Å²) in [5, 5.41) is 17.3. The van der Waals surface area contributed by atoms with Crippen LogP contribution in [0, 0.1) is 5.41 Å². The molecule has 0 spiro atoms. The van der Waals surface area contributed by atoms with Crippen LogP contribution in [0.15, 0.2) is 53.9 Å². The molecule has 0 unspecified atom stereocenters. The molecule has 0 bridgehead atoms. The van der Waals surface area contributed by atoms with Gasteiger partial charge in [0.05, 0.1) is 0 Å². The number of hydrogen-bond donors (Lipinski definition) is 4. The fourth-order valence-corrected chi connectivity index (χ4v) is 2.21. The highest BCUT2D eigenvalue weighted by Crippen LogP contribution is 2.16. The van der Waals surface area contributed by atoms with Crippen molar-refractivity contribution < 1.29 is 0 Å². The second kappa shape index (κ2) is 9.97. The fraction of sp³-hybridized carbons (Fsp3) is 0.263. The van der Waals surface area contributed by atoms with Crippen molar-refractivity contribution >= 4 is 23.9 Å². The Balaban J connectivity index is 1.96. The van der Waals surface area contributed by atoms with Gasteiger partial charge in [0.1, 0.15) is 0 Å². The van der Waals surface area contributed by atoms with Crippen molar-refractivity contribution in [1.29, 1.82) is 5.41 Å². The Labute approximate surface area is 149 Å². The summed E-state index contributed by atoms with van der Waals surface area (Å²) in [6.45, 7) is 3.19. The van der Waals surface area contributed by atoms with Crippen molar-refractivity contribution in [1.82, 2.24) is 15.3 Å². The smallest absolute Gasteiger partial charge is 0.208 e. The van der Waals surface area contributed by atoms with E-state index in [1.54, 1.807) is 13.3 Å². The summed E-state index contributed by atoms with van der Waals surface area (Å²) in [7, 11) is 1.66. The quantitative estimate of drug-likeness (QED) is 0.258. The van der Waals surface area contributed by atoms with Gasteiger partial charge in [-0.15, -0.1) is 0 Å². The normalized spacial score (nSPS) is 11.1. The number of guanidine groups is 1. The minimum atomic E-state index is 0.156. The van der Waals surface area contributed by atoms with Gasteiger partial charge in [-0.1, -0.05) is 25.5 Å². The molecule has 1 heterocycles. The molecule has 0 fully saturated rings. The van der Waals surface area contributed by atoms with Crippen LogP contribution < -0.4 is 16.1 Å². The van der Waals surface area contributed by atoms with Gasteiger partial charge in [-0.25, -0.2) is 5.43 Å². The zero-order valence-corrected chi connectivity index (χ0v) is 14.8. The van der Waals surface area contributed by atoms with Crippen LogP contribution in [0.1, 0.15) is 25.3 Å². The first-order valence-electron chi connectivity index (χ1n) is 8.47. The number of aromatic nitrogens is 1. The molecule has 0 amide bonds. The van der Waals surface area contributed by atoms with Gasteiger partial charge >= 0.3 is 0 Å². The Morgan fingerprint density at radius 1 is 1.32 bits per heavy atom. The number of rotatable bonds is 8. The van der Waals surface area contributed by atoms with Crippen molar-refractivity contribution in [3.63, 3.8) is 0 Å². The summed E-state index contributed by atoms with van der Waals surface area (Å²) in [6, 6.07) is 10.4. The number of anilines is 1. The third-order valence-corrected chi connectivity index (χ3v) is 3.60. The largest absolute Gasteiger partial charge is 0.385 e. The number of unbranched alkanes of at least 4 members (excludes halogenated alkanes) is 1. The minimum Gasteiger partial charge on any atom is -0.385 e. The van der Waals surface area contributed by atoms with E-state index < -0.39 is 0 Å². The minimum absolute atomic E-state index is 0.156. The zero-order chi connectivity index (χ0) is 17.9. The van der Waals surface area contributed by atoms with Crippen LogP contribution in [0.2, 0.25) is 0 Å². The lowest BCUT2D eigenvalue weighted by Gasteiger charge is -2.08. The van der Waals surface area contributed by atoms with Gasteiger partial charge in [0.2, 0.25) is 5.96 Å². The first-order chi connectivity index (χ1) is 12.2. The van der Waals surface area contributed by atoms with Crippen molar-refractivity contribution in [2.75, 3.05) is 18.9 Å². The number of nitrogens with one attached hydrogen (secondary N) is 4. The topological polar surface area (TPSA) is 77.2 Å². The van der Waals surface area contributed by atoms with Crippen LogP contribution in [0.4, 0.5) is 5.69 Å². The molecule has 6 nitrogen and oxygen atoms in total.